The summed E-state index contributed by atoms with van der Waals surface area (Å²) in [5.74, 6) is -1.84. The van der Waals surface area contributed by atoms with E-state index in [4.69, 9.17) is 4.74 Å². The molecule has 0 amide bonds. The lowest BCUT2D eigenvalue weighted by molar-refractivity contribution is -0.438. The number of nitrogens with zero attached hydrogens (tertiary/aromatic N) is 2. The quantitative estimate of drug-likeness (QED) is 0.0508. The maximum Gasteiger partial charge on any atom is 0.303 e. The first-order chi connectivity index (χ1) is 32.4. The van der Waals surface area contributed by atoms with Crippen LogP contribution in [-0.4, -0.2) is 119 Å². The van der Waals surface area contributed by atoms with Crippen molar-refractivity contribution in [3.63, 3.8) is 0 Å². The molecule has 2 atom stereocenters. The molecule has 70 heavy (non-hydrogen) atoms. The lowest BCUT2D eigenvalue weighted by Gasteiger charge is -2.30. The Morgan fingerprint density at radius 1 is 0.686 bits per heavy atom. The average molecular weight is 1070 g/mol. The van der Waals surface area contributed by atoms with Crippen LogP contribution in [0.25, 0.3) is 21.5 Å². The highest BCUT2D eigenvalue weighted by Crippen LogP contribution is 2.54. The van der Waals surface area contributed by atoms with Crippen LogP contribution in [-0.2, 0) is 71.0 Å². The summed E-state index contributed by atoms with van der Waals surface area (Å²) in [6.07, 6.45) is 8.99. The minimum absolute atomic E-state index is 0.0463. The second kappa shape index (κ2) is 19.9. The third kappa shape index (κ3) is 11.1. The standard InChI is InChI=1S/C45H52N2O18S5/c1-5-46-36-28-38(70(62,63)64)31-17-16-29(67(53,54)55)25-33(31)43(36)45(3,21-23-65-4)39(46)13-8-6-9-14-40-44(2,20-12-24-66(50,51)52)42-34-26-30(68(56,57)58)27-37(69(59,60)61)32(34)18-19-35(42)47(40)22-11-7-10-15-41(48)49/h6,8-9,13-14,16-19,25-28H,5,7,10-12,15,20-24H2,1-4H3,(H5-,48,49,50,51,52,53,54,55,56,57,58,59,60,61,62,63,64)/p-4. The van der Waals surface area contributed by atoms with Gasteiger partial charge in [0.1, 0.15) is 47.0 Å². The Balaban J connectivity index is 1.56. The molecule has 0 aliphatic carbocycles. The van der Waals surface area contributed by atoms with E-state index in [2.05, 4.69) is 0 Å². The summed E-state index contributed by atoms with van der Waals surface area (Å²) < 4.78 is 193. The van der Waals surface area contributed by atoms with Gasteiger partial charge in [-0.15, -0.1) is 0 Å². The van der Waals surface area contributed by atoms with Gasteiger partial charge in [0.25, 0.3) is 0 Å². The predicted molar refractivity (Wildman–Crippen MR) is 250 cm³/mol. The van der Waals surface area contributed by atoms with Crippen LogP contribution in [0.4, 0.5) is 11.4 Å². The maximum atomic E-state index is 12.7. The van der Waals surface area contributed by atoms with Crippen LogP contribution in [0.15, 0.2) is 104 Å². The van der Waals surface area contributed by atoms with Crippen LogP contribution in [0, 0.1) is 0 Å². The molecule has 0 saturated carbocycles. The molecule has 2 aliphatic rings. The van der Waals surface area contributed by atoms with Gasteiger partial charge in [0, 0.05) is 78.7 Å². The number of anilines is 1. The third-order valence-corrected chi connectivity index (χ3v) is 17.0. The van der Waals surface area contributed by atoms with Crippen molar-refractivity contribution in [2.45, 2.75) is 96.1 Å². The number of likely N-dealkylation sites (N-methyl/N-ethyl adjacent to an activating group) is 1. The van der Waals surface area contributed by atoms with E-state index in [0.29, 0.717) is 48.0 Å². The van der Waals surface area contributed by atoms with E-state index in [1.54, 1.807) is 53.7 Å². The third-order valence-electron chi connectivity index (χ3n) is 12.8. The van der Waals surface area contributed by atoms with Crippen LogP contribution in [0.1, 0.15) is 76.8 Å². The number of carbonyl (C=O) groups is 1. The first-order valence-electron chi connectivity index (χ1n) is 21.6. The fourth-order valence-electron chi connectivity index (χ4n) is 9.77. The topological polar surface area (TPSA) is 339 Å². The number of ether oxygens (including phenoxy) is 1. The molecule has 380 valence electrons. The van der Waals surface area contributed by atoms with Gasteiger partial charge in [0.2, 0.25) is 5.69 Å². The molecule has 4 aromatic carbocycles. The fraction of sp³-hybridized carbons (Fsp3) is 0.378. The van der Waals surface area contributed by atoms with Crippen molar-refractivity contribution in [1.29, 1.82) is 0 Å². The summed E-state index contributed by atoms with van der Waals surface area (Å²) in [6, 6.07) is 8.47. The molecule has 6 rings (SSSR count). The van der Waals surface area contributed by atoms with Crippen LogP contribution >= 0.6 is 0 Å². The number of fused-ring (bicyclic) bond motifs is 6. The zero-order chi connectivity index (χ0) is 52.0. The molecular formula is C45H48N2O18S5-4. The van der Waals surface area contributed by atoms with Crippen molar-refractivity contribution in [3.8, 4) is 0 Å². The Bertz CT molecular complexity index is 3510. The van der Waals surface area contributed by atoms with E-state index in [1.165, 1.54) is 25.3 Å². The molecule has 25 heteroatoms. The molecule has 0 aromatic heterocycles. The minimum Gasteiger partial charge on any atom is -0.748 e. The highest BCUT2D eigenvalue weighted by molar-refractivity contribution is 7.87. The van der Waals surface area contributed by atoms with Gasteiger partial charge >= 0.3 is 5.97 Å². The van der Waals surface area contributed by atoms with Gasteiger partial charge in [-0.05, 0) is 117 Å². The molecule has 0 saturated heterocycles. The van der Waals surface area contributed by atoms with Crippen LogP contribution in [0.3, 0.4) is 0 Å². The number of unbranched alkanes of at least 4 members (excludes halogenated alkanes) is 2. The molecule has 2 aliphatic heterocycles. The van der Waals surface area contributed by atoms with Crippen molar-refractivity contribution in [3.05, 3.63) is 95.7 Å². The SMILES string of the molecule is CCN1/C(=C/C=C/C=C/C2=[N+](CCCCCC(=O)O)c3ccc4c(S(=O)(=O)[O-])cc(S(=O)(=O)[O-])cc4c3C2(C)CCCS(=O)(=O)[O-])C(C)(CCOC)c2c1cc(S(=O)(=O)[O-])c1ccc(S(=O)(=O)[O-])cc21. The van der Waals surface area contributed by atoms with E-state index >= 15 is 0 Å². The normalized spacial score (nSPS) is 19.7. The summed E-state index contributed by atoms with van der Waals surface area (Å²) in [5, 5.41) is 8.84. The van der Waals surface area contributed by atoms with E-state index in [1.807, 2.05) is 6.92 Å². The summed E-state index contributed by atoms with van der Waals surface area (Å²) in [6.45, 7) is 5.75. The zero-order valence-electron chi connectivity index (χ0n) is 38.1. The lowest BCUT2D eigenvalue weighted by atomic mass is 9.74. The number of hydrogen-bond donors (Lipinski definition) is 1. The van der Waals surface area contributed by atoms with Crippen LogP contribution in [0.5, 0.6) is 0 Å². The Hall–Kier alpha value is -4.93. The van der Waals surface area contributed by atoms with E-state index < -0.39 is 92.7 Å². The second-order valence-corrected chi connectivity index (χ2v) is 24.3. The van der Waals surface area contributed by atoms with Crippen molar-refractivity contribution in [2.24, 2.45) is 0 Å². The predicted octanol–water partition coefficient (Wildman–Crippen LogP) is 4.77. The smallest absolute Gasteiger partial charge is 0.303 e. The van der Waals surface area contributed by atoms with Crippen molar-refractivity contribution >= 4 is 95.2 Å². The number of methoxy groups -OCH3 is 1. The Morgan fingerprint density at radius 3 is 1.86 bits per heavy atom. The molecular weight excluding hydrogens is 1020 g/mol. The Labute approximate surface area is 406 Å². The Kier molecular flexibility index (Phi) is 15.5. The summed E-state index contributed by atoms with van der Waals surface area (Å²) in [7, 11) is -24.3. The lowest BCUT2D eigenvalue weighted by Crippen LogP contribution is -2.32. The highest BCUT2D eigenvalue weighted by atomic mass is 32.2. The van der Waals surface area contributed by atoms with Gasteiger partial charge in [-0.2, -0.15) is 4.58 Å². The van der Waals surface area contributed by atoms with Crippen molar-refractivity contribution in [1.82, 2.24) is 0 Å². The number of allylic oxidation sites excluding steroid dienone is 6. The van der Waals surface area contributed by atoms with Crippen LogP contribution < -0.4 is 4.90 Å². The molecule has 4 aromatic rings. The number of carboxylic acid groups (broad SMARTS) is 1. The molecule has 20 nitrogen and oxygen atoms in total. The molecule has 0 radical (unpaired) electrons. The molecule has 0 fully saturated rings. The summed E-state index contributed by atoms with van der Waals surface area (Å²) in [5.41, 5.74) is -0.219. The Morgan fingerprint density at radius 2 is 1.29 bits per heavy atom. The number of hydrogen-bond acceptors (Lipinski definition) is 18. The molecule has 1 N–H and O–H groups in total. The minimum atomic E-state index is -5.41. The summed E-state index contributed by atoms with van der Waals surface area (Å²) in [4.78, 5) is 9.73. The zero-order valence-corrected chi connectivity index (χ0v) is 42.2. The first kappa shape index (κ1) is 54.4. The largest absolute Gasteiger partial charge is 0.748 e. The van der Waals surface area contributed by atoms with E-state index in [0.717, 1.165) is 24.3 Å². The number of aliphatic carboxylic acids is 1. The second-order valence-electron chi connectivity index (χ2n) is 17.3. The molecule has 2 heterocycles. The van der Waals surface area contributed by atoms with Gasteiger partial charge < -0.3 is 37.5 Å². The van der Waals surface area contributed by atoms with Gasteiger partial charge in [0.15, 0.2) is 5.71 Å². The van der Waals surface area contributed by atoms with Gasteiger partial charge in [-0.25, -0.2) is 42.1 Å². The molecule has 0 bridgehead atoms. The van der Waals surface area contributed by atoms with Crippen LogP contribution in [0.2, 0.25) is 0 Å². The number of rotatable bonds is 21. The average Bonchev–Trinajstić information content (AvgIpc) is 3.63. The number of benzene rings is 4. The summed E-state index contributed by atoms with van der Waals surface area (Å²) >= 11 is 0. The highest BCUT2D eigenvalue weighted by Gasteiger charge is 2.49. The van der Waals surface area contributed by atoms with Crippen molar-refractivity contribution < 1.29 is 84.1 Å². The fourth-order valence-corrected chi connectivity index (χ4v) is 12.8. The maximum absolute atomic E-state index is 12.7. The van der Waals surface area contributed by atoms with E-state index in [9.17, 15) is 74.8 Å². The van der Waals surface area contributed by atoms with E-state index in [-0.39, 0.29) is 78.2 Å². The van der Waals surface area contributed by atoms with Crippen molar-refractivity contribution in [2.75, 3.05) is 37.5 Å². The molecule has 0 spiro atoms. The first-order valence-corrected chi connectivity index (χ1v) is 28.8. The van der Waals surface area contributed by atoms with Gasteiger partial charge in [0.05, 0.1) is 35.1 Å². The molecule has 2 unspecified atom stereocenters. The number of carboxylic acids is 1. The monoisotopic (exact) mass is 1060 g/mol. The van der Waals surface area contributed by atoms with Gasteiger partial charge in [-0.3, -0.25) is 4.79 Å². The van der Waals surface area contributed by atoms with Gasteiger partial charge in [-0.1, -0.05) is 24.3 Å².